The van der Waals surface area contributed by atoms with Crippen LogP contribution in [0.4, 0.5) is 0 Å². The summed E-state index contributed by atoms with van der Waals surface area (Å²) in [5, 5.41) is 52.9. The van der Waals surface area contributed by atoms with E-state index in [1.54, 1.807) is 30.3 Å². The van der Waals surface area contributed by atoms with E-state index < -0.39 is 24.1 Å². The first-order chi connectivity index (χ1) is 12.2. The van der Waals surface area contributed by atoms with Crippen molar-refractivity contribution in [3.63, 3.8) is 0 Å². The zero-order chi connectivity index (χ0) is 19.7. The minimum atomic E-state index is -1.46. The van der Waals surface area contributed by atoms with Gasteiger partial charge in [-0.1, -0.05) is 30.3 Å². The molecule has 8 nitrogen and oxygen atoms in total. The quantitative estimate of drug-likeness (QED) is 0.439. The van der Waals surface area contributed by atoms with Gasteiger partial charge in [0.1, 0.15) is 11.5 Å². The average molecular weight is 364 g/mol. The largest absolute Gasteiger partial charge is 0.508 e. The fourth-order valence-electron chi connectivity index (χ4n) is 1.92. The van der Waals surface area contributed by atoms with Crippen LogP contribution in [0, 0.1) is 0 Å². The molecule has 2 unspecified atom stereocenters. The van der Waals surface area contributed by atoms with Crippen molar-refractivity contribution in [1.29, 1.82) is 0 Å². The lowest BCUT2D eigenvalue weighted by molar-refractivity contribution is -0.147. The van der Waals surface area contributed by atoms with Gasteiger partial charge in [0.2, 0.25) is 0 Å². The Kier molecular flexibility index (Phi) is 8.07. The van der Waals surface area contributed by atoms with Crippen molar-refractivity contribution in [1.82, 2.24) is 0 Å². The summed E-state index contributed by atoms with van der Waals surface area (Å²) in [5.41, 5.74) is 1.10. The van der Waals surface area contributed by atoms with E-state index in [1.165, 1.54) is 18.2 Å². The van der Waals surface area contributed by atoms with Gasteiger partial charge in [-0.15, -0.1) is 0 Å². The summed E-state index contributed by atoms with van der Waals surface area (Å²) in [6.07, 6.45) is -2.88. The SMILES string of the molecule is O=C(O)C(O)Cc1ccc(O)cc1.O=C(O)C(O)Cc1ccccc1O. The van der Waals surface area contributed by atoms with Crippen LogP contribution in [0.2, 0.25) is 0 Å². The molecule has 0 aliphatic carbocycles. The van der Waals surface area contributed by atoms with E-state index in [2.05, 4.69) is 0 Å². The van der Waals surface area contributed by atoms with Crippen molar-refractivity contribution in [2.24, 2.45) is 0 Å². The zero-order valence-corrected chi connectivity index (χ0v) is 13.7. The van der Waals surface area contributed by atoms with E-state index in [0.29, 0.717) is 11.1 Å². The highest BCUT2D eigenvalue weighted by molar-refractivity contribution is 5.72. The van der Waals surface area contributed by atoms with Crippen LogP contribution in [0.25, 0.3) is 0 Å². The van der Waals surface area contributed by atoms with Gasteiger partial charge < -0.3 is 30.6 Å². The Bertz CT molecular complexity index is 726. The molecule has 140 valence electrons. The molecule has 0 aromatic heterocycles. The van der Waals surface area contributed by atoms with Gasteiger partial charge >= 0.3 is 11.9 Å². The minimum Gasteiger partial charge on any atom is -0.508 e. The van der Waals surface area contributed by atoms with E-state index in [-0.39, 0.29) is 24.3 Å². The second-order valence-corrected chi connectivity index (χ2v) is 5.41. The highest BCUT2D eigenvalue weighted by Gasteiger charge is 2.15. The van der Waals surface area contributed by atoms with Crippen LogP contribution in [-0.4, -0.2) is 54.8 Å². The lowest BCUT2D eigenvalue weighted by Gasteiger charge is -2.06. The smallest absolute Gasteiger partial charge is 0.332 e. The Morgan fingerprint density at radius 2 is 1.27 bits per heavy atom. The zero-order valence-electron chi connectivity index (χ0n) is 13.7. The maximum absolute atomic E-state index is 10.3. The molecule has 2 atom stereocenters. The van der Waals surface area contributed by atoms with Crippen LogP contribution < -0.4 is 0 Å². The maximum atomic E-state index is 10.3. The van der Waals surface area contributed by atoms with Gasteiger partial charge in [-0.25, -0.2) is 9.59 Å². The molecule has 26 heavy (non-hydrogen) atoms. The Labute approximate surface area is 149 Å². The molecular weight excluding hydrogens is 344 g/mol. The second-order valence-electron chi connectivity index (χ2n) is 5.41. The number of rotatable bonds is 6. The number of benzene rings is 2. The number of carboxylic acid groups (broad SMARTS) is 2. The number of para-hydroxylation sites is 1. The Balaban J connectivity index is 0.000000260. The highest BCUT2D eigenvalue weighted by Crippen LogP contribution is 2.17. The number of hydrogen-bond acceptors (Lipinski definition) is 6. The first-order valence-corrected chi connectivity index (χ1v) is 7.57. The molecule has 2 rings (SSSR count). The number of aromatic hydroxyl groups is 2. The topological polar surface area (TPSA) is 156 Å². The molecule has 0 fully saturated rings. The number of hydrogen-bond donors (Lipinski definition) is 6. The Morgan fingerprint density at radius 1 is 0.769 bits per heavy atom. The van der Waals surface area contributed by atoms with Gasteiger partial charge in [0, 0.05) is 12.8 Å². The van der Waals surface area contributed by atoms with Gasteiger partial charge in [0.25, 0.3) is 0 Å². The van der Waals surface area contributed by atoms with Gasteiger partial charge in [-0.05, 0) is 29.3 Å². The predicted molar refractivity (Wildman–Crippen MR) is 90.9 cm³/mol. The van der Waals surface area contributed by atoms with Crippen LogP contribution in [0.5, 0.6) is 11.5 Å². The van der Waals surface area contributed by atoms with Gasteiger partial charge in [-0.3, -0.25) is 0 Å². The first kappa shape index (κ1) is 20.9. The van der Waals surface area contributed by atoms with E-state index >= 15 is 0 Å². The third-order valence-corrected chi connectivity index (χ3v) is 3.34. The Hall–Kier alpha value is -3.10. The third kappa shape index (κ3) is 7.20. The number of aliphatic hydroxyl groups is 2. The molecule has 6 N–H and O–H groups in total. The van der Waals surface area contributed by atoms with E-state index in [0.717, 1.165) is 0 Å². The lowest BCUT2D eigenvalue weighted by Crippen LogP contribution is -2.21. The fraction of sp³-hybridized carbons (Fsp3) is 0.222. The molecule has 0 amide bonds. The lowest BCUT2D eigenvalue weighted by atomic mass is 10.1. The number of carboxylic acids is 2. The molecule has 0 spiro atoms. The molecule has 2 aromatic carbocycles. The molecule has 0 radical (unpaired) electrons. The monoisotopic (exact) mass is 364 g/mol. The van der Waals surface area contributed by atoms with Crippen LogP contribution >= 0.6 is 0 Å². The summed E-state index contributed by atoms with van der Waals surface area (Å²) in [7, 11) is 0. The molecule has 0 saturated heterocycles. The predicted octanol–water partition coefficient (Wildman–Crippen LogP) is 0.760. The summed E-state index contributed by atoms with van der Waals surface area (Å²) < 4.78 is 0. The summed E-state index contributed by atoms with van der Waals surface area (Å²) >= 11 is 0. The molecule has 0 aliphatic heterocycles. The average Bonchev–Trinajstić information content (AvgIpc) is 2.59. The molecule has 0 saturated carbocycles. The summed E-state index contributed by atoms with van der Waals surface area (Å²) in [6.45, 7) is 0. The maximum Gasteiger partial charge on any atom is 0.332 e. The first-order valence-electron chi connectivity index (χ1n) is 7.57. The second kappa shape index (κ2) is 10.0. The van der Waals surface area contributed by atoms with E-state index in [1.807, 2.05) is 0 Å². The molecule has 8 heteroatoms. The minimum absolute atomic E-state index is 0.00259. The van der Waals surface area contributed by atoms with Crippen molar-refractivity contribution in [3.8, 4) is 11.5 Å². The van der Waals surface area contributed by atoms with Crippen molar-refractivity contribution in [3.05, 3.63) is 59.7 Å². The van der Waals surface area contributed by atoms with Crippen LogP contribution in [0.1, 0.15) is 11.1 Å². The Morgan fingerprint density at radius 3 is 1.77 bits per heavy atom. The fourth-order valence-corrected chi connectivity index (χ4v) is 1.92. The molecule has 0 heterocycles. The normalized spacial score (nSPS) is 12.4. The number of aliphatic hydroxyl groups excluding tert-OH is 2. The highest BCUT2D eigenvalue weighted by atomic mass is 16.4. The number of phenolic OH excluding ortho intramolecular Hbond substituents is 2. The van der Waals surface area contributed by atoms with Crippen LogP contribution in [0.15, 0.2) is 48.5 Å². The van der Waals surface area contributed by atoms with Gasteiger partial charge in [-0.2, -0.15) is 0 Å². The number of aliphatic carboxylic acids is 2. The van der Waals surface area contributed by atoms with Crippen LogP contribution in [0.3, 0.4) is 0 Å². The molecule has 2 aromatic rings. The van der Waals surface area contributed by atoms with Crippen molar-refractivity contribution >= 4 is 11.9 Å². The van der Waals surface area contributed by atoms with Crippen molar-refractivity contribution in [2.45, 2.75) is 25.0 Å². The molecule has 0 bridgehead atoms. The van der Waals surface area contributed by atoms with Gasteiger partial charge in [0.15, 0.2) is 12.2 Å². The van der Waals surface area contributed by atoms with Crippen LogP contribution in [-0.2, 0) is 22.4 Å². The van der Waals surface area contributed by atoms with E-state index in [9.17, 15) is 14.7 Å². The standard InChI is InChI=1S/2C9H10O4/c10-7-3-1-6(2-4-7)5-8(11)9(12)13;10-7-4-2-1-3-6(7)5-8(11)9(12)13/h2*1-4,8,10-11H,5H2,(H,12,13). The molecular formula is C18H20O8. The molecule has 0 aliphatic rings. The van der Waals surface area contributed by atoms with E-state index in [4.69, 9.17) is 25.5 Å². The summed E-state index contributed by atoms with van der Waals surface area (Å²) in [6, 6.07) is 12.4. The van der Waals surface area contributed by atoms with Gasteiger partial charge in [0.05, 0.1) is 0 Å². The third-order valence-electron chi connectivity index (χ3n) is 3.34. The van der Waals surface area contributed by atoms with Crippen molar-refractivity contribution < 1.29 is 40.2 Å². The van der Waals surface area contributed by atoms with Crippen molar-refractivity contribution in [2.75, 3.05) is 0 Å². The number of carbonyl (C=O) groups is 2. The number of phenols is 2. The summed E-state index contributed by atoms with van der Waals surface area (Å²) in [4.78, 5) is 20.6. The summed E-state index contributed by atoms with van der Waals surface area (Å²) in [5.74, 6) is -2.41.